The average Bonchev–Trinajstić information content (AvgIpc) is 2.82. The van der Waals surface area contributed by atoms with Gasteiger partial charge >= 0.3 is 0 Å². The van der Waals surface area contributed by atoms with Crippen molar-refractivity contribution in [2.45, 2.75) is 26.5 Å². The van der Waals surface area contributed by atoms with Gasteiger partial charge in [0, 0.05) is 17.9 Å². The van der Waals surface area contributed by atoms with Crippen molar-refractivity contribution in [3.05, 3.63) is 22.2 Å². The van der Waals surface area contributed by atoms with Gasteiger partial charge in [-0.05, 0) is 36.4 Å². The molecule has 2 aromatic rings. The lowest BCUT2D eigenvalue weighted by Gasteiger charge is -2.13. The van der Waals surface area contributed by atoms with Crippen LogP contribution in [0.5, 0.6) is 0 Å². The van der Waals surface area contributed by atoms with Gasteiger partial charge in [0.15, 0.2) is 5.82 Å². The minimum Gasteiger partial charge on any atom is -0.399 e. The van der Waals surface area contributed by atoms with Crippen LogP contribution in [0.25, 0.3) is 11.4 Å². The molecule has 2 rings (SSSR count). The van der Waals surface area contributed by atoms with Crippen molar-refractivity contribution in [1.82, 2.24) is 20.2 Å². The molecule has 0 bridgehead atoms. The van der Waals surface area contributed by atoms with Crippen molar-refractivity contribution in [1.29, 1.82) is 0 Å². The van der Waals surface area contributed by atoms with Crippen molar-refractivity contribution in [2.75, 3.05) is 12.3 Å². The molecule has 0 aliphatic rings. The zero-order valence-electron chi connectivity index (χ0n) is 11.2. The van der Waals surface area contributed by atoms with E-state index in [1.165, 1.54) is 0 Å². The van der Waals surface area contributed by atoms with E-state index in [1.54, 1.807) is 16.8 Å². The van der Waals surface area contributed by atoms with Gasteiger partial charge in [0.25, 0.3) is 0 Å². The molecular formula is C12H15Cl2N5O. The predicted molar refractivity (Wildman–Crippen MR) is 78.8 cm³/mol. The molecule has 0 amide bonds. The van der Waals surface area contributed by atoms with Gasteiger partial charge in [-0.15, -0.1) is 5.10 Å². The van der Waals surface area contributed by atoms with E-state index in [1.807, 2.05) is 13.8 Å². The molecule has 6 nitrogen and oxygen atoms in total. The molecule has 8 heteroatoms. The summed E-state index contributed by atoms with van der Waals surface area (Å²) in [6.45, 7) is 5.02. The van der Waals surface area contributed by atoms with Crippen LogP contribution in [0.2, 0.25) is 10.0 Å². The molecule has 2 N–H and O–H groups in total. The van der Waals surface area contributed by atoms with E-state index in [9.17, 15) is 0 Å². The number of aromatic nitrogens is 4. The molecule has 1 atom stereocenters. The number of hydrogen-bond acceptors (Lipinski definition) is 5. The van der Waals surface area contributed by atoms with Gasteiger partial charge < -0.3 is 10.5 Å². The van der Waals surface area contributed by atoms with E-state index in [0.29, 0.717) is 40.3 Å². The van der Waals surface area contributed by atoms with Crippen molar-refractivity contribution in [3.8, 4) is 11.4 Å². The lowest BCUT2D eigenvalue weighted by atomic mass is 10.2. The Bertz CT molecular complexity index is 602. The number of hydrogen-bond donors (Lipinski definition) is 1. The highest BCUT2D eigenvalue weighted by atomic mass is 35.5. The monoisotopic (exact) mass is 315 g/mol. The molecule has 1 aromatic heterocycles. The van der Waals surface area contributed by atoms with Gasteiger partial charge in [0.1, 0.15) is 0 Å². The van der Waals surface area contributed by atoms with Gasteiger partial charge in [-0.1, -0.05) is 23.2 Å². The summed E-state index contributed by atoms with van der Waals surface area (Å²) in [6.07, 6.45) is -0.0162. The SMILES string of the molecule is CCOC(C)Cn1nnnc1-c1cc(N)cc(Cl)c1Cl. The maximum absolute atomic E-state index is 6.20. The quantitative estimate of drug-likeness (QED) is 0.858. The number of ether oxygens (including phenoxy) is 1. The molecule has 0 fully saturated rings. The Balaban J connectivity index is 2.37. The molecule has 0 spiro atoms. The first-order chi connectivity index (χ1) is 9.52. The number of halogens is 2. The lowest BCUT2D eigenvalue weighted by molar-refractivity contribution is 0.0614. The number of benzene rings is 1. The van der Waals surface area contributed by atoms with Crippen LogP contribution in [0.3, 0.4) is 0 Å². The van der Waals surface area contributed by atoms with Gasteiger partial charge in [-0.25, -0.2) is 4.68 Å². The van der Waals surface area contributed by atoms with Crippen LogP contribution in [-0.2, 0) is 11.3 Å². The summed E-state index contributed by atoms with van der Waals surface area (Å²) in [5.74, 6) is 0.510. The van der Waals surface area contributed by atoms with E-state index >= 15 is 0 Å². The van der Waals surface area contributed by atoms with Crippen molar-refractivity contribution in [3.63, 3.8) is 0 Å². The van der Waals surface area contributed by atoms with Gasteiger partial charge in [0.05, 0.1) is 22.7 Å². The number of nitrogens with two attached hydrogens (primary N) is 1. The predicted octanol–water partition coefficient (Wildman–Crippen LogP) is 2.65. The highest BCUT2D eigenvalue weighted by molar-refractivity contribution is 6.43. The van der Waals surface area contributed by atoms with Crippen molar-refractivity contribution < 1.29 is 4.74 Å². The Morgan fingerprint density at radius 1 is 1.40 bits per heavy atom. The highest BCUT2D eigenvalue weighted by Crippen LogP contribution is 2.34. The van der Waals surface area contributed by atoms with Crippen LogP contribution in [0.1, 0.15) is 13.8 Å². The summed E-state index contributed by atoms with van der Waals surface area (Å²) < 4.78 is 7.11. The highest BCUT2D eigenvalue weighted by Gasteiger charge is 2.17. The zero-order valence-corrected chi connectivity index (χ0v) is 12.7. The summed E-state index contributed by atoms with van der Waals surface area (Å²) in [6, 6.07) is 3.28. The zero-order chi connectivity index (χ0) is 14.7. The van der Waals surface area contributed by atoms with E-state index in [0.717, 1.165) is 0 Å². The Hall–Kier alpha value is -1.37. The largest absolute Gasteiger partial charge is 0.399 e. The van der Waals surface area contributed by atoms with Gasteiger partial charge in [-0.3, -0.25) is 0 Å². The number of tetrazole rings is 1. The fourth-order valence-electron chi connectivity index (χ4n) is 1.87. The lowest BCUT2D eigenvalue weighted by Crippen LogP contribution is -2.18. The molecule has 0 saturated carbocycles. The van der Waals surface area contributed by atoms with Gasteiger partial charge in [-0.2, -0.15) is 0 Å². The van der Waals surface area contributed by atoms with E-state index in [-0.39, 0.29) is 6.10 Å². The number of rotatable bonds is 5. The molecule has 1 heterocycles. The second-order valence-electron chi connectivity index (χ2n) is 4.31. The minimum atomic E-state index is -0.0162. The van der Waals surface area contributed by atoms with E-state index < -0.39 is 0 Å². The van der Waals surface area contributed by atoms with Crippen molar-refractivity contribution in [2.24, 2.45) is 0 Å². The summed E-state index contributed by atoms with van der Waals surface area (Å²) in [7, 11) is 0. The molecule has 0 aliphatic carbocycles. The Morgan fingerprint density at radius 2 is 2.15 bits per heavy atom. The number of anilines is 1. The number of nitrogen functional groups attached to an aromatic ring is 1. The third-order valence-corrected chi connectivity index (χ3v) is 3.51. The van der Waals surface area contributed by atoms with Crippen LogP contribution in [0.4, 0.5) is 5.69 Å². The summed E-state index contributed by atoms with van der Waals surface area (Å²) in [4.78, 5) is 0. The summed E-state index contributed by atoms with van der Waals surface area (Å²) >= 11 is 12.2. The first-order valence-corrected chi connectivity index (χ1v) is 6.91. The molecule has 1 unspecified atom stereocenters. The third kappa shape index (κ3) is 3.20. The first kappa shape index (κ1) is 15.0. The van der Waals surface area contributed by atoms with E-state index in [4.69, 9.17) is 33.7 Å². The van der Waals surface area contributed by atoms with Crippen LogP contribution >= 0.6 is 23.2 Å². The molecular weight excluding hydrogens is 301 g/mol. The van der Waals surface area contributed by atoms with E-state index in [2.05, 4.69) is 15.5 Å². The molecule has 0 saturated heterocycles. The Morgan fingerprint density at radius 3 is 2.85 bits per heavy atom. The Labute approximate surface area is 126 Å². The van der Waals surface area contributed by atoms with Crippen molar-refractivity contribution >= 4 is 28.9 Å². The molecule has 108 valence electrons. The Kier molecular flexibility index (Phi) is 4.80. The second-order valence-corrected chi connectivity index (χ2v) is 5.10. The second kappa shape index (κ2) is 6.39. The smallest absolute Gasteiger partial charge is 0.183 e. The molecule has 20 heavy (non-hydrogen) atoms. The number of nitrogens with zero attached hydrogens (tertiary/aromatic N) is 4. The van der Waals surface area contributed by atoms with Crippen LogP contribution in [0.15, 0.2) is 12.1 Å². The molecule has 0 aliphatic heterocycles. The topological polar surface area (TPSA) is 78.8 Å². The first-order valence-electron chi connectivity index (χ1n) is 6.15. The molecule has 1 aromatic carbocycles. The third-order valence-electron chi connectivity index (χ3n) is 2.70. The maximum Gasteiger partial charge on any atom is 0.183 e. The van der Waals surface area contributed by atoms with Crippen LogP contribution in [0, 0.1) is 0 Å². The summed E-state index contributed by atoms with van der Waals surface area (Å²) in [5.41, 5.74) is 6.89. The normalized spacial score (nSPS) is 12.6. The summed E-state index contributed by atoms with van der Waals surface area (Å²) in [5, 5.41) is 12.4. The maximum atomic E-state index is 6.20. The van der Waals surface area contributed by atoms with Crippen LogP contribution < -0.4 is 5.73 Å². The average molecular weight is 316 g/mol. The fourth-order valence-corrected chi connectivity index (χ4v) is 2.30. The van der Waals surface area contributed by atoms with Crippen LogP contribution in [-0.4, -0.2) is 32.9 Å². The minimum absolute atomic E-state index is 0.0162. The standard InChI is InChI=1S/C12H15Cl2N5O/c1-3-20-7(2)6-19-12(16-17-18-19)9-4-8(15)5-10(13)11(9)14/h4-5,7H,3,6,15H2,1-2H3. The van der Waals surface area contributed by atoms with Gasteiger partial charge in [0.2, 0.25) is 0 Å². The molecule has 0 radical (unpaired) electrons. The fraction of sp³-hybridized carbons (Fsp3) is 0.417.